The van der Waals surface area contributed by atoms with Gasteiger partial charge in [0.25, 0.3) is 0 Å². The van der Waals surface area contributed by atoms with Crippen LogP contribution in [0.3, 0.4) is 0 Å². The number of rotatable bonds is 4. The molecule has 110 valence electrons. The molecular formula is C15H18N4O2. The van der Waals surface area contributed by atoms with Crippen molar-refractivity contribution in [1.82, 2.24) is 9.78 Å². The van der Waals surface area contributed by atoms with E-state index in [0.29, 0.717) is 0 Å². The summed E-state index contributed by atoms with van der Waals surface area (Å²) in [5.74, 6) is 1.61. The van der Waals surface area contributed by atoms with Gasteiger partial charge in [0, 0.05) is 12.1 Å². The summed E-state index contributed by atoms with van der Waals surface area (Å²) in [5, 5.41) is 7.50. The predicted octanol–water partition coefficient (Wildman–Crippen LogP) is 1.57. The maximum atomic E-state index is 11.4. The number of carbonyl (C=O) groups excluding carboxylic acids is 1. The number of methoxy groups -OCH3 is 1. The Labute approximate surface area is 122 Å². The van der Waals surface area contributed by atoms with Crippen molar-refractivity contribution < 1.29 is 9.53 Å². The van der Waals surface area contributed by atoms with E-state index in [-0.39, 0.29) is 0 Å². The van der Waals surface area contributed by atoms with Crippen molar-refractivity contribution in [1.29, 1.82) is 0 Å². The summed E-state index contributed by atoms with van der Waals surface area (Å²) < 4.78 is 6.42. The Bertz CT molecular complexity index is 661. The van der Waals surface area contributed by atoms with E-state index < -0.39 is 6.03 Å². The predicted molar refractivity (Wildman–Crippen MR) is 79.8 cm³/mol. The molecule has 1 aromatic carbocycles. The van der Waals surface area contributed by atoms with Gasteiger partial charge in [-0.1, -0.05) is 12.1 Å². The van der Waals surface area contributed by atoms with Crippen LogP contribution in [0.5, 0.6) is 5.75 Å². The standard InChI is InChI=1S/C15H18N4O2/c1-21-11-5-2-10(3-6-11)4-7-13-12-8-9-17-14(12)19(18-13)15(16)20/h2-3,5-6,17H,4,7-9H2,1H3,(H2,16,20). The Hall–Kier alpha value is -2.50. The van der Waals surface area contributed by atoms with Crippen molar-refractivity contribution in [3.8, 4) is 5.75 Å². The van der Waals surface area contributed by atoms with Crippen molar-refractivity contribution in [3.05, 3.63) is 41.1 Å². The molecule has 2 aromatic rings. The summed E-state index contributed by atoms with van der Waals surface area (Å²) in [5.41, 5.74) is 8.62. The summed E-state index contributed by atoms with van der Waals surface area (Å²) >= 11 is 0. The first-order valence-electron chi connectivity index (χ1n) is 6.96. The van der Waals surface area contributed by atoms with Gasteiger partial charge >= 0.3 is 6.03 Å². The van der Waals surface area contributed by atoms with Crippen LogP contribution in [0.25, 0.3) is 0 Å². The van der Waals surface area contributed by atoms with Crippen molar-refractivity contribution >= 4 is 11.8 Å². The summed E-state index contributed by atoms with van der Waals surface area (Å²) in [6.45, 7) is 0.829. The number of hydrogen-bond acceptors (Lipinski definition) is 4. The lowest BCUT2D eigenvalue weighted by Crippen LogP contribution is -2.22. The molecule has 0 spiro atoms. The van der Waals surface area contributed by atoms with Crippen LogP contribution in [-0.4, -0.2) is 29.5 Å². The highest BCUT2D eigenvalue weighted by Gasteiger charge is 2.23. The molecule has 0 fully saturated rings. The Morgan fingerprint density at radius 3 is 2.81 bits per heavy atom. The minimum Gasteiger partial charge on any atom is -0.497 e. The first-order valence-corrected chi connectivity index (χ1v) is 6.96. The van der Waals surface area contributed by atoms with Gasteiger partial charge in [-0.05, 0) is 37.0 Å². The van der Waals surface area contributed by atoms with E-state index in [1.807, 2.05) is 24.3 Å². The number of benzene rings is 1. The van der Waals surface area contributed by atoms with E-state index in [9.17, 15) is 4.79 Å². The number of fused-ring (bicyclic) bond motifs is 1. The zero-order valence-corrected chi connectivity index (χ0v) is 11.9. The Morgan fingerprint density at radius 2 is 2.14 bits per heavy atom. The van der Waals surface area contributed by atoms with Crippen LogP contribution < -0.4 is 15.8 Å². The monoisotopic (exact) mass is 286 g/mol. The highest BCUT2D eigenvalue weighted by molar-refractivity contribution is 5.79. The minimum absolute atomic E-state index is 0.545. The van der Waals surface area contributed by atoms with Crippen LogP contribution in [0.2, 0.25) is 0 Å². The lowest BCUT2D eigenvalue weighted by molar-refractivity contribution is 0.248. The normalized spacial score (nSPS) is 12.8. The third-order valence-electron chi connectivity index (χ3n) is 3.75. The third kappa shape index (κ3) is 2.56. The fourth-order valence-electron chi connectivity index (χ4n) is 2.66. The van der Waals surface area contributed by atoms with Crippen molar-refractivity contribution in [2.45, 2.75) is 19.3 Å². The van der Waals surface area contributed by atoms with E-state index in [1.54, 1.807) is 7.11 Å². The summed E-state index contributed by atoms with van der Waals surface area (Å²) in [6.07, 6.45) is 2.55. The van der Waals surface area contributed by atoms with Gasteiger partial charge < -0.3 is 15.8 Å². The second kappa shape index (κ2) is 5.47. The number of nitrogens with one attached hydrogen (secondary N) is 1. The molecule has 0 aliphatic carbocycles. The van der Waals surface area contributed by atoms with E-state index >= 15 is 0 Å². The zero-order valence-electron chi connectivity index (χ0n) is 11.9. The molecule has 0 radical (unpaired) electrons. The average Bonchev–Trinajstić information content (AvgIpc) is 3.08. The van der Waals surface area contributed by atoms with Crippen LogP contribution in [-0.2, 0) is 19.3 Å². The van der Waals surface area contributed by atoms with Crippen LogP contribution in [0.15, 0.2) is 24.3 Å². The van der Waals surface area contributed by atoms with Gasteiger partial charge in [-0.3, -0.25) is 0 Å². The minimum atomic E-state index is -0.545. The first-order chi connectivity index (χ1) is 10.2. The number of ether oxygens (including phenoxy) is 1. The smallest absolute Gasteiger partial charge is 0.341 e. The second-order valence-electron chi connectivity index (χ2n) is 5.05. The molecule has 6 nitrogen and oxygen atoms in total. The number of anilines is 1. The second-order valence-corrected chi connectivity index (χ2v) is 5.05. The molecule has 1 aliphatic rings. The van der Waals surface area contributed by atoms with E-state index in [2.05, 4.69) is 10.4 Å². The SMILES string of the molecule is COc1ccc(CCc2nn(C(N)=O)c3c2CCN3)cc1. The van der Waals surface area contributed by atoms with Crippen LogP contribution in [0.1, 0.15) is 16.8 Å². The fourth-order valence-corrected chi connectivity index (χ4v) is 2.66. The van der Waals surface area contributed by atoms with Crippen LogP contribution in [0.4, 0.5) is 10.6 Å². The Morgan fingerprint density at radius 1 is 1.38 bits per heavy atom. The van der Waals surface area contributed by atoms with E-state index in [0.717, 1.165) is 48.6 Å². The number of hydrogen-bond donors (Lipinski definition) is 2. The van der Waals surface area contributed by atoms with Gasteiger partial charge in [-0.15, -0.1) is 0 Å². The Balaban J connectivity index is 1.76. The van der Waals surface area contributed by atoms with Crippen LogP contribution in [0, 0.1) is 0 Å². The number of primary amides is 1. The van der Waals surface area contributed by atoms with E-state index in [4.69, 9.17) is 10.5 Å². The molecule has 0 bridgehead atoms. The molecule has 1 amide bonds. The van der Waals surface area contributed by atoms with Crippen molar-refractivity contribution in [2.24, 2.45) is 5.73 Å². The quantitative estimate of drug-likeness (QED) is 0.894. The van der Waals surface area contributed by atoms with Gasteiger partial charge in [0.15, 0.2) is 0 Å². The fraction of sp³-hybridized carbons (Fsp3) is 0.333. The van der Waals surface area contributed by atoms with E-state index in [1.165, 1.54) is 10.2 Å². The molecule has 1 aromatic heterocycles. The molecule has 0 unspecified atom stereocenters. The first kappa shape index (κ1) is 13.5. The summed E-state index contributed by atoms with van der Waals surface area (Å²) in [4.78, 5) is 11.4. The van der Waals surface area contributed by atoms with Gasteiger partial charge in [0.1, 0.15) is 11.6 Å². The van der Waals surface area contributed by atoms with Crippen LogP contribution >= 0.6 is 0 Å². The third-order valence-corrected chi connectivity index (χ3v) is 3.75. The van der Waals surface area contributed by atoms with Crippen molar-refractivity contribution in [2.75, 3.05) is 19.0 Å². The molecule has 21 heavy (non-hydrogen) atoms. The zero-order chi connectivity index (χ0) is 14.8. The molecular weight excluding hydrogens is 268 g/mol. The molecule has 1 aliphatic heterocycles. The molecule has 2 heterocycles. The largest absolute Gasteiger partial charge is 0.497 e. The lowest BCUT2D eigenvalue weighted by atomic mass is 10.1. The number of aryl methyl sites for hydroxylation is 2. The maximum Gasteiger partial charge on any atom is 0.341 e. The summed E-state index contributed by atoms with van der Waals surface area (Å²) in [6, 6.07) is 7.44. The highest BCUT2D eigenvalue weighted by atomic mass is 16.5. The number of carbonyl (C=O) groups is 1. The van der Waals surface area contributed by atoms with Gasteiger partial charge in [0.05, 0.1) is 12.8 Å². The molecule has 3 N–H and O–H groups in total. The molecule has 0 saturated heterocycles. The van der Waals surface area contributed by atoms with Gasteiger partial charge in [-0.25, -0.2) is 4.79 Å². The van der Waals surface area contributed by atoms with Crippen molar-refractivity contribution in [3.63, 3.8) is 0 Å². The number of amides is 1. The number of nitrogens with two attached hydrogens (primary N) is 1. The maximum absolute atomic E-state index is 11.4. The summed E-state index contributed by atoms with van der Waals surface area (Å²) in [7, 11) is 1.65. The number of nitrogens with zero attached hydrogens (tertiary/aromatic N) is 2. The average molecular weight is 286 g/mol. The van der Waals surface area contributed by atoms with Gasteiger partial charge in [0.2, 0.25) is 0 Å². The molecule has 0 saturated carbocycles. The molecule has 3 rings (SSSR count). The topological polar surface area (TPSA) is 82.2 Å². The Kier molecular flexibility index (Phi) is 3.51. The lowest BCUT2D eigenvalue weighted by Gasteiger charge is -2.03. The van der Waals surface area contributed by atoms with Gasteiger partial charge in [-0.2, -0.15) is 9.78 Å². The number of aromatic nitrogens is 2. The molecule has 0 atom stereocenters. The molecule has 6 heteroatoms. The highest BCUT2D eigenvalue weighted by Crippen LogP contribution is 2.26.